The predicted molar refractivity (Wildman–Crippen MR) is 51.2 cm³/mol. The van der Waals surface area contributed by atoms with E-state index in [0.717, 1.165) is 23.0 Å². The van der Waals surface area contributed by atoms with Gasteiger partial charge >= 0.3 is 0 Å². The van der Waals surface area contributed by atoms with E-state index in [0.29, 0.717) is 11.8 Å². The van der Waals surface area contributed by atoms with Crippen molar-refractivity contribution in [1.29, 1.82) is 0 Å². The molecule has 1 atom stereocenters. The molecule has 0 bridgehead atoms. The van der Waals surface area contributed by atoms with Crippen molar-refractivity contribution in [3.05, 3.63) is 28.2 Å². The normalized spacial score (nSPS) is 21.9. The highest BCUT2D eigenvalue weighted by Gasteiger charge is 2.20. The van der Waals surface area contributed by atoms with Gasteiger partial charge in [-0.05, 0) is 25.1 Å². The third-order valence-electron chi connectivity index (χ3n) is 2.19. The number of nitrogens with one attached hydrogen (secondary N) is 1. The standard InChI is InChI=1S/C9H10BrNO/c10-6-1-2-7(9(12)5-6)8-3-4-11-8/h1-2,5,8,11-12H,3-4H2. The molecule has 3 heteroatoms. The second-order valence-corrected chi connectivity index (χ2v) is 3.91. The molecule has 0 radical (unpaired) electrons. The summed E-state index contributed by atoms with van der Waals surface area (Å²) in [6, 6.07) is 6.00. The third kappa shape index (κ3) is 1.34. The fraction of sp³-hybridized carbons (Fsp3) is 0.333. The molecule has 0 spiro atoms. The lowest BCUT2D eigenvalue weighted by atomic mass is 9.97. The van der Waals surface area contributed by atoms with Gasteiger partial charge in [0.15, 0.2) is 0 Å². The maximum absolute atomic E-state index is 9.56. The van der Waals surface area contributed by atoms with E-state index in [1.807, 2.05) is 12.1 Å². The van der Waals surface area contributed by atoms with Crippen LogP contribution in [0, 0.1) is 0 Å². The average Bonchev–Trinajstić information content (AvgIpc) is 1.91. The Morgan fingerprint density at radius 1 is 1.50 bits per heavy atom. The number of hydrogen-bond acceptors (Lipinski definition) is 2. The summed E-state index contributed by atoms with van der Waals surface area (Å²) >= 11 is 3.30. The summed E-state index contributed by atoms with van der Waals surface area (Å²) in [6.07, 6.45) is 1.12. The molecule has 64 valence electrons. The Kier molecular flexibility index (Phi) is 2.07. The van der Waals surface area contributed by atoms with Crippen LogP contribution in [0.3, 0.4) is 0 Å². The third-order valence-corrected chi connectivity index (χ3v) is 2.68. The zero-order chi connectivity index (χ0) is 8.55. The monoisotopic (exact) mass is 227 g/mol. The van der Waals surface area contributed by atoms with Crippen LogP contribution in [0.5, 0.6) is 5.75 Å². The fourth-order valence-electron chi connectivity index (χ4n) is 1.37. The van der Waals surface area contributed by atoms with Crippen LogP contribution >= 0.6 is 15.9 Å². The van der Waals surface area contributed by atoms with E-state index >= 15 is 0 Å². The molecular weight excluding hydrogens is 218 g/mol. The van der Waals surface area contributed by atoms with Gasteiger partial charge in [-0.3, -0.25) is 0 Å². The molecular formula is C9H10BrNO. The molecule has 0 amide bonds. The average molecular weight is 228 g/mol. The molecule has 2 N–H and O–H groups in total. The molecule has 1 aromatic rings. The maximum Gasteiger partial charge on any atom is 0.121 e. The number of phenols is 1. The molecule has 2 nitrogen and oxygen atoms in total. The molecule has 1 unspecified atom stereocenters. The van der Waals surface area contributed by atoms with Crippen LogP contribution in [-0.2, 0) is 0 Å². The summed E-state index contributed by atoms with van der Waals surface area (Å²) in [5.41, 5.74) is 1.00. The van der Waals surface area contributed by atoms with Crippen molar-refractivity contribution in [3.63, 3.8) is 0 Å². The summed E-state index contributed by atoms with van der Waals surface area (Å²) in [5, 5.41) is 12.8. The van der Waals surface area contributed by atoms with Gasteiger partial charge in [0.05, 0.1) is 0 Å². The lowest BCUT2D eigenvalue weighted by molar-refractivity contribution is 0.364. The van der Waals surface area contributed by atoms with E-state index in [1.165, 1.54) is 0 Å². The van der Waals surface area contributed by atoms with Gasteiger partial charge in [-0.25, -0.2) is 0 Å². The topological polar surface area (TPSA) is 32.3 Å². The van der Waals surface area contributed by atoms with E-state index in [2.05, 4.69) is 21.2 Å². The van der Waals surface area contributed by atoms with E-state index in [1.54, 1.807) is 6.07 Å². The maximum atomic E-state index is 9.56. The molecule has 1 aromatic carbocycles. The number of hydrogen-bond donors (Lipinski definition) is 2. The Morgan fingerprint density at radius 3 is 2.75 bits per heavy atom. The molecule has 2 rings (SSSR count). The van der Waals surface area contributed by atoms with Gasteiger partial charge in [0.25, 0.3) is 0 Å². The molecule has 12 heavy (non-hydrogen) atoms. The van der Waals surface area contributed by atoms with Crippen molar-refractivity contribution in [1.82, 2.24) is 5.32 Å². The number of phenolic OH excluding ortho intramolecular Hbond substituents is 1. The van der Waals surface area contributed by atoms with Crippen molar-refractivity contribution in [2.24, 2.45) is 0 Å². The van der Waals surface area contributed by atoms with Gasteiger partial charge in [-0.15, -0.1) is 0 Å². The Bertz CT molecular complexity index is 297. The van der Waals surface area contributed by atoms with Gasteiger partial charge < -0.3 is 10.4 Å². The van der Waals surface area contributed by atoms with E-state index in [4.69, 9.17) is 0 Å². The van der Waals surface area contributed by atoms with Crippen LogP contribution in [0.15, 0.2) is 22.7 Å². The van der Waals surface area contributed by atoms with Crippen LogP contribution in [0.4, 0.5) is 0 Å². The molecule has 0 aromatic heterocycles. The van der Waals surface area contributed by atoms with Crippen LogP contribution in [0.2, 0.25) is 0 Å². The van der Waals surface area contributed by atoms with Crippen LogP contribution in [0.1, 0.15) is 18.0 Å². The first kappa shape index (κ1) is 8.08. The molecule has 0 aliphatic carbocycles. The largest absolute Gasteiger partial charge is 0.508 e. The minimum atomic E-state index is 0.359. The van der Waals surface area contributed by atoms with Crippen molar-refractivity contribution in [3.8, 4) is 5.75 Å². The predicted octanol–water partition coefficient (Wildman–Crippen LogP) is 2.19. The minimum Gasteiger partial charge on any atom is -0.508 e. The van der Waals surface area contributed by atoms with Crippen LogP contribution < -0.4 is 5.32 Å². The lowest BCUT2D eigenvalue weighted by Gasteiger charge is -2.28. The smallest absolute Gasteiger partial charge is 0.121 e. The second kappa shape index (κ2) is 3.07. The van der Waals surface area contributed by atoms with Gasteiger partial charge in [0.2, 0.25) is 0 Å². The Hall–Kier alpha value is -0.540. The summed E-state index contributed by atoms with van der Waals surface area (Å²) < 4.78 is 0.920. The van der Waals surface area contributed by atoms with Crippen molar-refractivity contribution in [2.45, 2.75) is 12.5 Å². The SMILES string of the molecule is Oc1cc(Br)ccc1C1CCN1. The molecule has 1 aliphatic heterocycles. The van der Waals surface area contributed by atoms with E-state index in [-0.39, 0.29) is 0 Å². The number of halogens is 1. The molecule has 1 aliphatic rings. The number of benzene rings is 1. The summed E-state index contributed by atoms with van der Waals surface area (Å²) in [7, 11) is 0. The Labute approximate surface area is 79.7 Å². The van der Waals surface area contributed by atoms with Crippen molar-refractivity contribution >= 4 is 15.9 Å². The van der Waals surface area contributed by atoms with Gasteiger partial charge in [-0.1, -0.05) is 22.0 Å². The number of rotatable bonds is 1. The summed E-state index contributed by atoms with van der Waals surface area (Å²) in [4.78, 5) is 0. The van der Waals surface area contributed by atoms with E-state index in [9.17, 15) is 5.11 Å². The zero-order valence-corrected chi connectivity index (χ0v) is 8.13. The van der Waals surface area contributed by atoms with Gasteiger partial charge in [-0.2, -0.15) is 0 Å². The number of aromatic hydroxyl groups is 1. The minimum absolute atomic E-state index is 0.359. The quantitative estimate of drug-likeness (QED) is 0.772. The first-order valence-corrected chi connectivity index (χ1v) is 4.78. The molecule has 1 saturated heterocycles. The highest BCUT2D eigenvalue weighted by Crippen LogP contribution is 2.31. The first-order valence-electron chi connectivity index (χ1n) is 3.99. The highest BCUT2D eigenvalue weighted by atomic mass is 79.9. The fourth-order valence-corrected chi connectivity index (χ4v) is 1.71. The Balaban J connectivity index is 2.31. The molecule has 1 heterocycles. The first-order chi connectivity index (χ1) is 5.77. The van der Waals surface area contributed by atoms with Gasteiger partial charge in [0.1, 0.15) is 5.75 Å². The highest BCUT2D eigenvalue weighted by molar-refractivity contribution is 9.10. The second-order valence-electron chi connectivity index (χ2n) is 3.00. The lowest BCUT2D eigenvalue weighted by Crippen LogP contribution is -2.34. The van der Waals surface area contributed by atoms with Crippen molar-refractivity contribution in [2.75, 3.05) is 6.54 Å². The van der Waals surface area contributed by atoms with Crippen LogP contribution in [0.25, 0.3) is 0 Å². The van der Waals surface area contributed by atoms with Crippen LogP contribution in [-0.4, -0.2) is 11.7 Å². The summed E-state index contributed by atoms with van der Waals surface area (Å²) in [5.74, 6) is 0.376. The van der Waals surface area contributed by atoms with E-state index < -0.39 is 0 Å². The summed E-state index contributed by atoms with van der Waals surface area (Å²) in [6.45, 7) is 1.06. The Morgan fingerprint density at radius 2 is 2.25 bits per heavy atom. The zero-order valence-electron chi connectivity index (χ0n) is 6.55. The van der Waals surface area contributed by atoms with Gasteiger partial charge in [0, 0.05) is 16.1 Å². The molecule has 1 fully saturated rings. The molecule has 0 saturated carbocycles. The van der Waals surface area contributed by atoms with Crippen molar-refractivity contribution < 1.29 is 5.11 Å².